The molecule has 5 aromatic rings. The van der Waals surface area contributed by atoms with E-state index in [0.29, 0.717) is 63.1 Å². The summed E-state index contributed by atoms with van der Waals surface area (Å²) in [5.74, 6) is -8.00. The van der Waals surface area contributed by atoms with Crippen molar-refractivity contribution in [3.63, 3.8) is 0 Å². The van der Waals surface area contributed by atoms with E-state index in [1.807, 2.05) is 40.7 Å². The Kier molecular flexibility index (Phi) is 24.2. The minimum absolute atomic E-state index is 0.0618. The number of aromatic amines is 3. The summed E-state index contributed by atoms with van der Waals surface area (Å²) in [6.45, 7) is 25.6. The SMILES string of the molecule is CCCCOC(C)c1c2[nH]c(c1C)C=C1N=C(C(CCC(=O)N(CC(=O)N(CC(=O)OC(C)(C)C)CC(=O)OC(C)(C)C)CC(=O)N(CC(=O)OC(C)(C)C)CC(=O)OC(C)(C)C)=C1C)c1c(O)n(Cc3cc(C(F)(F)F)cc(C(F)(F)F)c3)c(=O)c3c(C)c([nH]c13)C=c1[nH]c(c(C)c1CC)=C2. The molecule has 1 aromatic carbocycles. The van der Waals surface area contributed by atoms with E-state index in [1.165, 1.54) is 0 Å². The molecule has 0 spiro atoms. The molecule has 0 radical (unpaired) electrons. The topological polar surface area (TPSA) is 277 Å². The number of fused-ring (bicyclic) bond motifs is 7. The predicted octanol–water partition coefficient (Wildman–Crippen LogP) is 10.9. The molecule has 7 rings (SSSR count). The first-order valence-corrected chi connectivity index (χ1v) is 33.7. The molecule has 4 N–H and O–H groups in total. The normalized spacial score (nSPS) is 13.9. The van der Waals surface area contributed by atoms with Crippen molar-refractivity contribution in [2.45, 2.75) is 211 Å². The van der Waals surface area contributed by atoms with Crippen molar-refractivity contribution >= 4 is 76.4 Å². The molecule has 4 aromatic heterocycles. The number of nitrogens with one attached hydrogen (secondary N) is 3. The Labute approximate surface area is 588 Å². The third-order valence-corrected chi connectivity index (χ3v) is 16.6. The van der Waals surface area contributed by atoms with Crippen LogP contribution in [0, 0.1) is 20.8 Å². The Morgan fingerprint density at radius 2 is 1.05 bits per heavy atom. The number of rotatable bonds is 23. The summed E-state index contributed by atoms with van der Waals surface area (Å²) in [4.78, 5) is 133. The zero-order chi connectivity index (χ0) is 76.4. The first kappa shape index (κ1) is 80.1. The van der Waals surface area contributed by atoms with E-state index in [0.717, 1.165) is 49.8 Å². The van der Waals surface area contributed by atoms with Gasteiger partial charge < -0.3 is 58.4 Å². The first-order valence-electron chi connectivity index (χ1n) is 33.7. The number of halogens is 6. The molecular formula is C74H94F6N8O14. The molecule has 8 bridgehead atoms. The van der Waals surface area contributed by atoms with E-state index < -0.39 is 169 Å². The third kappa shape index (κ3) is 20.1. The fraction of sp³-hybridized carbons (Fsp3) is 0.527. The third-order valence-electron chi connectivity index (χ3n) is 16.6. The van der Waals surface area contributed by atoms with Crippen molar-refractivity contribution in [1.29, 1.82) is 0 Å². The van der Waals surface area contributed by atoms with Gasteiger partial charge in [0.25, 0.3) is 5.56 Å². The van der Waals surface area contributed by atoms with Crippen LogP contribution in [0.5, 0.6) is 5.88 Å². The second-order valence-electron chi connectivity index (χ2n) is 29.7. The highest BCUT2D eigenvalue weighted by molar-refractivity contribution is 6.23. The number of aromatic hydroxyl groups is 1. The number of allylic oxidation sites excluding steroid dienone is 2. The van der Waals surface area contributed by atoms with E-state index in [2.05, 4.69) is 15.0 Å². The number of pyridine rings is 1. The maximum Gasteiger partial charge on any atom is 0.416 e. The van der Waals surface area contributed by atoms with Gasteiger partial charge in [0.05, 0.1) is 51.7 Å². The Balaban J connectivity index is 1.49. The fourth-order valence-corrected chi connectivity index (χ4v) is 12.1. The van der Waals surface area contributed by atoms with Gasteiger partial charge in [0.2, 0.25) is 23.6 Å². The minimum atomic E-state index is -5.29. The number of hydrogen-bond acceptors (Lipinski definition) is 15. The van der Waals surface area contributed by atoms with E-state index in [1.54, 1.807) is 109 Å². The number of H-pyrrole nitrogens is 3. The molecular weight excluding hydrogens is 1340 g/mol. The maximum atomic E-state index is 15.5. The Morgan fingerprint density at radius 1 is 0.588 bits per heavy atom. The van der Waals surface area contributed by atoms with E-state index in [-0.39, 0.29) is 45.1 Å². The standard InChI is InChI=1S/C74H94F6N8O14/c1-20-22-25-98-43(7)62-41(5)51-29-50-40(4)48(23-24-55(89)85(33-56(90)86(35-58(92)99-69(8,9)10)36-59(93)100-70(11,12)13)34-57(91)87(37-60(94)101-71(14,15)16)38-61(95)102-72(17,18)19)65(83-50)64-66-63(42(6)52(84-66)30-53-47(21-2)39(3)49(81-53)31-54(62)82-51)67(96)88(68(64)97)32-44-26-45(73(75,76)77)28-46(27-44)74(78,79)80/h26-31,43,81-82,84,97H,20-25,32-38H2,1-19H3. The number of aromatic nitrogens is 4. The van der Waals surface area contributed by atoms with Crippen LogP contribution >= 0.6 is 0 Å². The van der Waals surface area contributed by atoms with Crippen LogP contribution < -0.4 is 16.3 Å². The van der Waals surface area contributed by atoms with Gasteiger partial charge in [-0.15, -0.1) is 0 Å². The van der Waals surface area contributed by atoms with Crippen LogP contribution in [0.4, 0.5) is 26.3 Å². The van der Waals surface area contributed by atoms with Gasteiger partial charge in [-0.05, 0) is 212 Å². The van der Waals surface area contributed by atoms with Crippen LogP contribution in [0.2, 0.25) is 0 Å². The number of nitrogens with zero attached hydrogens (tertiary/aromatic N) is 5. The van der Waals surface area contributed by atoms with Gasteiger partial charge in [0, 0.05) is 46.4 Å². The molecule has 22 nitrogen and oxygen atoms in total. The van der Waals surface area contributed by atoms with Crippen molar-refractivity contribution < 1.29 is 88.7 Å². The van der Waals surface area contributed by atoms with Gasteiger partial charge in [0.15, 0.2) is 0 Å². The van der Waals surface area contributed by atoms with Crippen LogP contribution in [0.1, 0.15) is 210 Å². The van der Waals surface area contributed by atoms with E-state index in [9.17, 15) is 60.2 Å². The zero-order valence-electron chi connectivity index (χ0n) is 61.5. The molecule has 3 amide bonds. The lowest BCUT2D eigenvalue weighted by atomic mass is 9.94. The van der Waals surface area contributed by atoms with E-state index in [4.69, 9.17) is 28.7 Å². The molecule has 28 heteroatoms. The van der Waals surface area contributed by atoms with Gasteiger partial charge in [-0.3, -0.25) is 42.9 Å². The summed E-state index contributed by atoms with van der Waals surface area (Å²) in [5, 5.41) is 14.1. The van der Waals surface area contributed by atoms with Gasteiger partial charge >= 0.3 is 36.2 Å². The molecule has 1 atom stereocenters. The summed E-state index contributed by atoms with van der Waals surface area (Å²) in [5.41, 5.74) is -4.18. The molecule has 1 unspecified atom stereocenters. The summed E-state index contributed by atoms with van der Waals surface area (Å²) >= 11 is 0. The highest BCUT2D eigenvalue weighted by Gasteiger charge is 2.39. The maximum absolute atomic E-state index is 15.5. The second-order valence-corrected chi connectivity index (χ2v) is 29.7. The molecule has 102 heavy (non-hydrogen) atoms. The first-order chi connectivity index (χ1) is 47.0. The largest absolute Gasteiger partial charge is 0.494 e. The number of hydrogen-bond donors (Lipinski definition) is 4. The molecule has 2 aliphatic rings. The van der Waals surface area contributed by atoms with Crippen LogP contribution in [0.3, 0.4) is 0 Å². The average Bonchev–Trinajstić information content (AvgIpc) is 1.55. The Morgan fingerprint density at radius 3 is 1.50 bits per heavy atom. The quantitative estimate of drug-likeness (QED) is 0.0205. The summed E-state index contributed by atoms with van der Waals surface area (Å²) in [7, 11) is 0. The van der Waals surface area contributed by atoms with Crippen molar-refractivity contribution in [3.05, 3.63) is 123 Å². The summed E-state index contributed by atoms with van der Waals surface area (Å²) in [6.07, 6.45) is -4.59. The number of unbranched alkanes of at least 4 members (excludes halogenated alkanes) is 1. The van der Waals surface area contributed by atoms with Crippen molar-refractivity contribution in [2.24, 2.45) is 4.99 Å². The predicted molar refractivity (Wildman–Crippen MR) is 370 cm³/mol. The average molecular weight is 1430 g/mol. The second kappa shape index (κ2) is 30.8. The number of esters is 4. The lowest BCUT2D eigenvalue weighted by Crippen LogP contribution is -2.51. The van der Waals surface area contributed by atoms with Crippen LogP contribution in [0.25, 0.3) is 29.1 Å². The number of carbonyl (C=O) groups excluding carboxylic acids is 7. The molecule has 0 saturated heterocycles. The molecule has 0 fully saturated rings. The summed E-state index contributed by atoms with van der Waals surface area (Å²) < 4.78 is 116. The Hall–Kier alpha value is -9.21. The van der Waals surface area contributed by atoms with Crippen molar-refractivity contribution in [3.8, 4) is 5.88 Å². The number of ether oxygens (including phenoxy) is 5. The van der Waals surface area contributed by atoms with Gasteiger partial charge in [-0.25, -0.2) is 4.99 Å². The summed E-state index contributed by atoms with van der Waals surface area (Å²) in [6, 6.07) is 0.827. The number of amides is 3. The smallest absolute Gasteiger partial charge is 0.416 e. The van der Waals surface area contributed by atoms with Gasteiger partial charge in [-0.1, -0.05) is 20.3 Å². The van der Waals surface area contributed by atoms with E-state index >= 15 is 9.59 Å². The molecule has 2 aliphatic heterocycles. The number of carbonyl (C=O) groups is 7. The molecule has 0 aliphatic carbocycles. The number of aryl methyl sites for hydroxylation is 1. The van der Waals surface area contributed by atoms with Crippen LogP contribution in [-0.2, 0) is 82.6 Å². The number of benzene rings is 1. The van der Waals surface area contributed by atoms with Gasteiger partial charge in [-0.2, -0.15) is 26.3 Å². The fourth-order valence-electron chi connectivity index (χ4n) is 12.1. The highest BCUT2D eigenvalue weighted by atomic mass is 19.4. The van der Waals surface area contributed by atoms with Crippen LogP contribution in [-0.4, -0.2) is 155 Å². The lowest BCUT2D eigenvalue weighted by Gasteiger charge is -2.30. The molecule has 6 heterocycles. The zero-order valence-corrected chi connectivity index (χ0v) is 61.5. The van der Waals surface area contributed by atoms with Crippen molar-refractivity contribution in [1.82, 2.24) is 34.2 Å². The molecule has 556 valence electrons. The highest BCUT2D eigenvalue weighted by Crippen LogP contribution is 2.41. The minimum Gasteiger partial charge on any atom is -0.494 e. The number of aliphatic imine (C=N–C) groups is 1. The van der Waals surface area contributed by atoms with Crippen molar-refractivity contribution in [2.75, 3.05) is 45.9 Å². The van der Waals surface area contributed by atoms with Gasteiger partial charge in [0.1, 0.15) is 61.7 Å². The number of alkyl halides is 6. The Bertz CT molecular complexity index is 4230. The molecule has 0 saturated carbocycles. The van der Waals surface area contributed by atoms with Crippen LogP contribution in [0.15, 0.2) is 44.8 Å². The lowest BCUT2D eigenvalue weighted by molar-refractivity contribution is -0.164. The monoisotopic (exact) mass is 1430 g/mol.